The van der Waals surface area contributed by atoms with Gasteiger partial charge in [-0.3, -0.25) is 0 Å². The molecule has 0 aliphatic rings. The van der Waals surface area contributed by atoms with Crippen molar-refractivity contribution in [1.82, 2.24) is 4.98 Å². The smallest absolute Gasteiger partial charge is 0.187 e. The zero-order chi connectivity index (χ0) is 15.5. The van der Waals surface area contributed by atoms with Gasteiger partial charge in [0, 0.05) is 16.6 Å². The van der Waals surface area contributed by atoms with Crippen molar-refractivity contribution in [2.45, 2.75) is 0 Å². The predicted octanol–water partition coefficient (Wildman–Crippen LogP) is 5.87. The molecule has 0 saturated heterocycles. The van der Waals surface area contributed by atoms with Crippen LogP contribution in [0, 0.1) is 0 Å². The molecule has 0 saturated carbocycles. The zero-order valence-electron chi connectivity index (χ0n) is 11.6. The second kappa shape index (κ2) is 6.57. The fourth-order valence-electron chi connectivity index (χ4n) is 2.01. The van der Waals surface area contributed by atoms with E-state index in [0.29, 0.717) is 10.0 Å². The molecule has 1 N–H and O–H groups in total. The van der Waals surface area contributed by atoms with E-state index in [4.69, 9.17) is 27.9 Å². The van der Waals surface area contributed by atoms with E-state index in [-0.39, 0.29) is 0 Å². The molecule has 0 fully saturated rings. The van der Waals surface area contributed by atoms with Crippen LogP contribution in [0.1, 0.15) is 0 Å². The Balaban J connectivity index is 1.86. The first kappa shape index (κ1) is 15.2. The van der Waals surface area contributed by atoms with Gasteiger partial charge in [-0.2, -0.15) is 0 Å². The topological polar surface area (TPSA) is 34.1 Å². The molecule has 0 unspecified atom stereocenters. The van der Waals surface area contributed by atoms with Crippen LogP contribution in [0.15, 0.2) is 47.8 Å². The number of hydrogen-bond donors (Lipinski definition) is 1. The largest absolute Gasteiger partial charge is 0.496 e. The third-order valence-corrected chi connectivity index (χ3v) is 4.55. The van der Waals surface area contributed by atoms with E-state index < -0.39 is 0 Å². The van der Waals surface area contributed by atoms with Crippen molar-refractivity contribution >= 4 is 45.4 Å². The van der Waals surface area contributed by atoms with E-state index in [0.717, 1.165) is 27.8 Å². The van der Waals surface area contributed by atoms with E-state index >= 15 is 0 Å². The Bertz CT molecular complexity index is 804. The molecule has 0 amide bonds. The minimum atomic E-state index is 0.508. The lowest BCUT2D eigenvalue weighted by Gasteiger charge is -2.05. The fourth-order valence-corrected chi connectivity index (χ4v) is 3.04. The molecular weight excluding hydrogens is 339 g/mol. The lowest BCUT2D eigenvalue weighted by molar-refractivity contribution is 0.416. The number of halogens is 2. The average Bonchev–Trinajstić information content (AvgIpc) is 2.99. The van der Waals surface area contributed by atoms with Gasteiger partial charge in [-0.15, -0.1) is 11.3 Å². The Morgan fingerprint density at radius 3 is 2.68 bits per heavy atom. The SMILES string of the molecule is COc1ccccc1-c1csc(Nc2ccc(Cl)c(Cl)c2)n1. The maximum Gasteiger partial charge on any atom is 0.187 e. The number of aromatic nitrogens is 1. The van der Waals surface area contributed by atoms with Gasteiger partial charge in [-0.05, 0) is 30.3 Å². The van der Waals surface area contributed by atoms with Gasteiger partial charge in [0.05, 0.1) is 22.8 Å². The highest BCUT2D eigenvalue weighted by Crippen LogP contribution is 2.33. The van der Waals surface area contributed by atoms with Gasteiger partial charge in [-0.1, -0.05) is 35.3 Å². The second-order valence-electron chi connectivity index (χ2n) is 4.49. The van der Waals surface area contributed by atoms with Crippen LogP contribution in [0.5, 0.6) is 5.75 Å². The van der Waals surface area contributed by atoms with Crippen molar-refractivity contribution in [3.05, 3.63) is 57.9 Å². The molecule has 1 aromatic heterocycles. The van der Waals surface area contributed by atoms with Gasteiger partial charge in [0.15, 0.2) is 5.13 Å². The van der Waals surface area contributed by atoms with Crippen LogP contribution in [0.25, 0.3) is 11.3 Å². The number of nitrogens with zero attached hydrogens (tertiary/aromatic N) is 1. The summed E-state index contributed by atoms with van der Waals surface area (Å²) in [5.41, 5.74) is 2.67. The first-order valence-corrected chi connectivity index (χ1v) is 8.12. The Labute approximate surface area is 142 Å². The van der Waals surface area contributed by atoms with E-state index in [1.807, 2.05) is 35.7 Å². The molecule has 3 rings (SSSR count). The van der Waals surface area contributed by atoms with Crippen molar-refractivity contribution in [1.29, 1.82) is 0 Å². The maximum atomic E-state index is 6.02. The molecule has 0 bridgehead atoms. The number of thiazole rings is 1. The molecule has 3 nitrogen and oxygen atoms in total. The molecular formula is C16H12Cl2N2OS. The molecule has 0 aliphatic heterocycles. The summed E-state index contributed by atoms with van der Waals surface area (Å²) in [6, 6.07) is 13.2. The summed E-state index contributed by atoms with van der Waals surface area (Å²) in [5, 5.41) is 7.02. The number of rotatable bonds is 4. The molecule has 112 valence electrons. The van der Waals surface area contributed by atoms with E-state index in [9.17, 15) is 0 Å². The summed E-state index contributed by atoms with van der Waals surface area (Å²) < 4.78 is 5.37. The standard InChI is InChI=1S/C16H12Cl2N2OS/c1-21-15-5-3-2-4-11(15)14-9-22-16(20-14)19-10-6-7-12(17)13(18)8-10/h2-9H,1H3,(H,19,20). The third kappa shape index (κ3) is 3.19. The first-order valence-electron chi connectivity index (χ1n) is 6.48. The first-order chi connectivity index (χ1) is 10.7. The summed E-state index contributed by atoms with van der Waals surface area (Å²) in [6.45, 7) is 0. The lowest BCUT2D eigenvalue weighted by Crippen LogP contribution is -1.91. The Kier molecular flexibility index (Phi) is 4.52. The molecule has 0 spiro atoms. The van der Waals surface area contributed by atoms with Gasteiger partial charge in [0.25, 0.3) is 0 Å². The molecule has 2 aromatic carbocycles. The monoisotopic (exact) mass is 350 g/mol. The van der Waals surface area contributed by atoms with Crippen LogP contribution in [-0.2, 0) is 0 Å². The van der Waals surface area contributed by atoms with Crippen LogP contribution in [0.2, 0.25) is 10.0 Å². The van der Waals surface area contributed by atoms with Gasteiger partial charge in [-0.25, -0.2) is 4.98 Å². The van der Waals surface area contributed by atoms with Crippen molar-refractivity contribution in [2.24, 2.45) is 0 Å². The minimum Gasteiger partial charge on any atom is -0.496 e. The number of nitrogens with one attached hydrogen (secondary N) is 1. The van der Waals surface area contributed by atoms with Gasteiger partial charge >= 0.3 is 0 Å². The number of para-hydroxylation sites is 1. The summed E-state index contributed by atoms with van der Waals surface area (Å²) >= 11 is 13.4. The Hall–Kier alpha value is -1.75. The molecule has 3 aromatic rings. The minimum absolute atomic E-state index is 0.508. The van der Waals surface area contributed by atoms with Crippen LogP contribution < -0.4 is 10.1 Å². The second-order valence-corrected chi connectivity index (χ2v) is 6.16. The highest BCUT2D eigenvalue weighted by Gasteiger charge is 2.10. The van der Waals surface area contributed by atoms with Crippen molar-refractivity contribution in [2.75, 3.05) is 12.4 Å². The van der Waals surface area contributed by atoms with Gasteiger partial charge in [0.2, 0.25) is 0 Å². The average molecular weight is 351 g/mol. The third-order valence-electron chi connectivity index (χ3n) is 3.06. The Morgan fingerprint density at radius 1 is 1.09 bits per heavy atom. The van der Waals surface area contributed by atoms with E-state index in [1.54, 1.807) is 19.2 Å². The van der Waals surface area contributed by atoms with Crippen molar-refractivity contribution < 1.29 is 4.74 Å². The van der Waals surface area contributed by atoms with Crippen molar-refractivity contribution in [3.63, 3.8) is 0 Å². The number of ether oxygens (including phenoxy) is 1. The van der Waals surface area contributed by atoms with Crippen LogP contribution >= 0.6 is 34.5 Å². The molecule has 0 aliphatic carbocycles. The van der Waals surface area contributed by atoms with E-state index in [1.165, 1.54) is 11.3 Å². The highest BCUT2D eigenvalue weighted by atomic mass is 35.5. The molecule has 1 heterocycles. The molecule has 0 radical (unpaired) electrons. The lowest BCUT2D eigenvalue weighted by atomic mass is 10.1. The molecule has 0 atom stereocenters. The predicted molar refractivity (Wildman–Crippen MR) is 93.8 cm³/mol. The number of hydrogen-bond acceptors (Lipinski definition) is 4. The molecule has 22 heavy (non-hydrogen) atoms. The van der Waals surface area contributed by atoms with Crippen molar-refractivity contribution in [3.8, 4) is 17.0 Å². The molecule has 6 heteroatoms. The quantitative estimate of drug-likeness (QED) is 0.638. The van der Waals surface area contributed by atoms with Gasteiger partial charge < -0.3 is 10.1 Å². The zero-order valence-corrected chi connectivity index (χ0v) is 14.0. The summed E-state index contributed by atoms with van der Waals surface area (Å²) in [7, 11) is 1.65. The maximum absolute atomic E-state index is 6.02. The van der Waals surface area contributed by atoms with E-state index in [2.05, 4.69) is 10.3 Å². The number of benzene rings is 2. The van der Waals surface area contributed by atoms with Crippen LogP contribution in [0.4, 0.5) is 10.8 Å². The summed E-state index contributed by atoms with van der Waals surface area (Å²) in [5.74, 6) is 0.800. The van der Waals surface area contributed by atoms with Crippen LogP contribution in [-0.4, -0.2) is 12.1 Å². The summed E-state index contributed by atoms with van der Waals surface area (Å²) in [4.78, 5) is 4.59. The highest BCUT2D eigenvalue weighted by molar-refractivity contribution is 7.14. The number of methoxy groups -OCH3 is 1. The van der Waals surface area contributed by atoms with Gasteiger partial charge in [0.1, 0.15) is 5.75 Å². The van der Waals surface area contributed by atoms with Crippen LogP contribution in [0.3, 0.4) is 0 Å². The Morgan fingerprint density at radius 2 is 1.91 bits per heavy atom. The number of anilines is 2. The fraction of sp³-hybridized carbons (Fsp3) is 0.0625. The summed E-state index contributed by atoms with van der Waals surface area (Å²) in [6.07, 6.45) is 0. The normalized spacial score (nSPS) is 10.5.